The number of carbonyl (C=O) groups excluding carboxylic acids is 2. The minimum absolute atomic E-state index is 0.269. The molecule has 0 fully saturated rings. The Morgan fingerprint density at radius 2 is 2.00 bits per heavy atom. The third-order valence-electron chi connectivity index (χ3n) is 3.21. The topological polar surface area (TPSA) is 90.7 Å². The maximum atomic E-state index is 12.2. The minimum Gasteiger partial charge on any atom is -0.469 e. The quantitative estimate of drug-likeness (QED) is 0.824. The van der Waals surface area contributed by atoms with Crippen molar-refractivity contribution >= 4 is 17.8 Å². The first-order chi connectivity index (χ1) is 10.0. The van der Waals surface area contributed by atoms with Crippen molar-refractivity contribution in [3.05, 3.63) is 41.5 Å². The summed E-state index contributed by atoms with van der Waals surface area (Å²) in [5.41, 5.74) is 6.29. The van der Waals surface area contributed by atoms with Crippen molar-refractivity contribution in [2.24, 2.45) is 11.7 Å². The number of rotatable bonds is 4. The Morgan fingerprint density at radius 1 is 1.33 bits per heavy atom. The normalized spacial score (nSPS) is 20.9. The van der Waals surface area contributed by atoms with Gasteiger partial charge < -0.3 is 20.5 Å². The molecule has 0 spiro atoms. The molecular formula is C15H18N2O4. The first-order valence-corrected chi connectivity index (χ1v) is 6.74. The Balaban J connectivity index is 2.38. The van der Waals surface area contributed by atoms with Crippen molar-refractivity contribution < 1.29 is 19.1 Å². The van der Waals surface area contributed by atoms with Gasteiger partial charge in [0.1, 0.15) is 5.76 Å². The second-order valence-corrected chi connectivity index (χ2v) is 4.67. The molecule has 1 aliphatic rings. The van der Waals surface area contributed by atoms with Crippen LogP contribution in [0.3, 0.4) is 0 Å². The van der Waals surface area contributed by atoms with Gasteiger partial charge in [0.2, 0.25) is 0 Å². The number of nitrogens with two attached hydrogens (primary N) is 1. The fraction of sp³-hybridized carbons (Fsp3) is 0.333. The molecule has 1 heterocycles. The summed E-state index contributed by atoms with van der Waals surface area (Å²) >= 11 is 0. The number of benzene rings is 1. The molecule has 1 aliphatic heterocycles. The Kier molecular flexibility index (Phi) is 4.47. The molecular weight excluding hydrogens is 272 g/mol. The molecule has 0 aliphatic carbocycles. The second-order valence-electron chi connectivity index (χ2n) is 4.67. The monoisotopic (exact) mass is 290 g/mol. The van der Waals surface area contributed by atoms with Gasteiger partial charge in [0, 0.05) is 11.5 Å². The molecule has 0 unspecified atom stereocenters. The van der Waals surface area contributed by atoms with Crippen LogP contribution in [0.5, 0.6) is 0 Å². The molecule has 6 nitrogen and oxygen atoms in total. The van der Waals surface area contributed by atoms with E-state index in [0.717, 1.165) is 5.56 Å². The van der Waals surface area contributed by atoms with Crippen LogP contribution in [0.4, 0.5) is 4.79 Å². The summed E-state index contributed by atoms with van der Waals surface area (Å²) in [6.45, 7) is 3.79. The number of ether oxygens (including phenoxy) is 2. The molecule has 1 aromatic carbocycles. The highest BCUT2D eigenvalue weighted by Crippen LogP contribution is 2.36. The van der Waals surface area contributed by atoms with Crippen molar-refractivity contribution in [2.45, 2.75) is 20.1 Å². The molecule has 0 bridgehead atoms. The zero-order chi connectivity index (χ0) is 15.4. The van der Waals surface area contributed by atoms with E-state index in [2.05, 4.69) is 5.32 Å². The Hall–Kier alpha value is -2.50. The Bertz CT molecular complexity index is 568. The molecule has 0 aromatic heterocycles. The lowest BCUT2D eigenvalue weighted by Crippen LogP contribution is -2.42. The van der Waals surface area contributed by atoms with Crippen molar-refractivity contribution in [3.63, 3.8) is 0 Å². The van der Waals surface area contributed by atoms with E-state index < -0.39 is 18.2 Å². The Morgan fingerprint density at radius 3 is 2.57 bits per heavy atom. The summed E-state index contributed by atoms with van der Waals surface area (Å²) in [5.74, 6) is -0.385. The minimum atomic E-state index is -0.704. The predicted molar refractivity (Wildman–Crippen MR) is 76.8 cm³/mol. The van der Waals surface area contributed by atoms with Crippen molar-refractivity contribution in [1.29, 1.82) is 0 Å². The molecule has 21 heavy (non-hydrogen) atoms. The number of primary amides is 1. The smallest absolute Gasteiger partial charge is 0.338 e. The number of hydrogen-bond donors (Lipinski definition) is 2. The maximum Gasteiger partial charge on any atom is 0.338 e. The van der Waals surface area contributed by atoms with Crippen LogP contribution < -0.4 is 11.1 Å². The van der Waals surface area contributed by atoms with Crippen LogP contribution in [0.15, 0.2) is 35.9 Å². The van der Waals surface area contributed by atoms with E-state index >= 15 is 0 Å². The zero-order valence-electron chi connectivity index (χ0n) is 12.0. The lowest BCUT2D eigenvalue weighted by atomic mass is 9.98. The van der Waals surface area contributed by atoms with E-state index in [9.17, 15) is 9.59 Å². The summed E-state index contributed by atoms with van der Waals surface area (Å²) in [7, 11) is 0. The van der Waals surface area contributed by atoms with Gasteiger partial charge in [0.05, 0.1) is 12.2 Å². The number of hydrogen-bond acceptors (Lipinski definition) is 4. The SMILES string of the molecule is CCOC(=O)C1=C(c2ccccc2)O[C@@H](NC(N)=O)[C@@H]1C. The largest absolute Gasteiger partial charge is 0.469 e. The van der Waals surface area contributed by atoms with Crippen LogP contribution in [-0.4, -0.2) is 24.8 Å². The fourth-order valence-electron chi connectivity index (χ4n) is 2.25. The summed E-state index contributed by atoms with van der Waals surface area (Å²) in [5, 5.41) is 2.49. The molecule has 0 saturated carbocycles. The summed E-state index contributed by atoms with van der Waals surface area (Å²) < 4.78 is 10.8. The van der Waals surface area contributed by atoms with Gasteiger partial charge in [-0.1, -0.05) is 37.3 Å². The predicted octanol–water partition coefficient (Wildman–Crippen LogP) is 1.62. The highest BCUT2D eigenvalue weighted by molar-refractivity contribution is 5.98. The van der Waals surface area contributed by atoms with E-state index in [1.54, 1.807) is 13.8 Å². The van der Waals surface area contributed by atoms with Gasteiger partial charge in [-0.25, -0.2) is 9.59 Å². The Labute approximate surface area is 122 Å². The number of carbonyl (C=O) groups is 2. The molecule has 2 atom stereocenters. The highest BCUT2D eigenvalue weighted by atomic mass is 16.5. The summed E-state index contributed by atoms with van der Waals surface area (Å²) in [4.78, 5) is 23.2. The van der Waals surface area contributed by atoms with E-state index in [-0.39, 0.29) is 12.5 Å². The molecule has 0 radical (unpaired) electrons. The standard InChI is InChI=1S/C15H18N2O4/c1-3-20-14(18)11-9(2)13(17-15(16)19)21-12(11)10-7-5-4-6-8-10/h4-9,13H,3H2,1-2H3,(H3,16,17,19)/t9-,13-/m1/s1. The fourth-order valence-corrected chi connectivity index (χ4v) is 2.25. The first-order valence-electron chi connectivity index (χ1n) is 6.74. The van der Waals surface area contributed by atoms with E-state index in [1.807, 2.05) is 30.3 Å². The van der Waals surface area contributed by atoms with E-state index in [4.69, 9.17) is 15.2 Å². The molecule has 0 saturated heterocycles. The average Bonchev–Trinajstić information content (AvgIpc) is 2.77. The number of urea groups is 1. The van der Waals surface area contributed by atoms with Crippen LogP contribution in [0.2, 0.25) is 0 Å². The van der Waals surface area contributed by atoms with E-state index in [0.29, 0.717) is 11.3 Å². The van der Waals surface area contributed by atoms with Gasteiger partial charge in [-0.05, 0) is 6.92 Å². The highest BCUT2D eigenvalue weighted by Gasteiger charge is 2.39. The lowest BCUT2D eigenvalue weighted by Gasteiger charge is -2.17. The number of nitrogens with one attached hydrogen (secondary N) is 1. The molecule has 1 aromatic rings. The maximum absolute atomic E-state index is 12.2. The number of amides is 2. The number of esters is 1. The third-order valence-corrected chi connectivity index (χ3v) is 3.21. The first kappa shape index (κ1) is 14.9. The second kappa shape index (κ2) is 6.30. The van der Waals surface area contributed by atoms with Crippen molar-refractivity contribution in [2.75, 3.05) is 6.61 Å². The average molecular weight is 290 g/mol. The molecule has 6 heteroatoms. The van der Waals surface area contributed by atoms with E-state index in [1.165, 1.54) is 0 Å². The van der Waals surface area contributed by atoms with Crippen LogP contribution >= 0.6 is 0 Å². The summed E-state index contributed by atoms with van der Waals surface area (Å²) in [6, 6.07) is 8.50. The molecule has 112 valence electrons. The van der Waals surface area contributed by atoms with Crippen molar-refractivity contribution in [3.8, 4) is 0 Å². The van der Waals surface area contributed by atoms with Gasteiger partial charge in [0.25, 0.3) is 0 Å². The lowest BCUT2D eigenvalue weighted by molar-refractivity contribution is -0.139. The molecule has 3 N–H and O–H groups in total. The molecule has 2 amide bonds. The van der Waals surface area contributed by atoms with Gasteiger partial charge >= 0.3 is 12.0 Å². The van der Waals surface area contributed by atoms with Crippen LogP contribution in [0.1, 0.15) is 19.4 Å². The van der Waals surface area contributed by atoms with Gasteiger partial charge in [-0.15, -0.1) is 0 Å². The van der Waals surface area contributed by atoms with Gasteiger partial charge in [0.15, 0.2) is 6.23 Å². The zero-order valence-corrected chi connectivity index (χ0v) is 12.0. The third kappa shape index (κ3) is 3.16. The van der Waals surface area contributed by atoms with Crippen LogP contribution in [-0.2, 0) is 14.3 Å². The summed E-state index contributed by atoms with van der Waals surface area (Å²) in [6.07, 6.45) is -0.683. The molecule has 2 rings (SSSR count). The van der Waals surface area contributed by atoms with Gasteiger partial charge in [-0.3, -0.25) is 0 Å². The van der Waals surface area contributed by atoms with Crippen LogP contribution in [0, 0.1) is 5.92 Å². The van der Waals surface area contributed by atoms with Crippen LogP contribution in [0.25, 0.3) is 5.76 Å². The van der Waals surface area contributed by atoms with Crippen molar-refractivity contribution in [1.82, 2.24) is 5.32 Å². The van der Waals surface area contributed by atoms with Gasteiger partial charge in [-0.2, -0.15) is 0 Å².